The number of unbranched alkanes of at least 4 members (excludes halogenated alkanes) is 1. The van der Waals surface area contributed by atoms with E-state index in [-0.39, 0.29) is 0 Å². The van der Waals surface area contributed by atoms with E-state index in [0.717, 1.165) is 12.0 Å². The van der Waals surface area contributed by atoms with Crippen molar-refractivity contribution in [1.82, 2.24) is 5.16 Å². The van der Waals surface area contributed by atoms with Crippen LogP contribution in [0.3, 0.4) is 0 Å². The van der Waals surface area contributed by atoms with E-state index in [4.69, 9.17) is 9.73 Å². The molecule has 0 bridgehead atoms. The molecule has 0 radical (unpaired) electrons. The number of aromatic nitrogens is 1. The van der Waals surface area contributed by atoms with Gasteiger partial charge in [-0.15, -0.1) is 0 Å². The van der Waals surface area contributed by atoms with Crippen molar-refractivity contribution in [2.75, 3.05) is 0 Å². The average Bonchev–Trinajstić information content (AvgIpc) is 2.86. The maximum Gasteiger partial charge on any atom is 0.167 e. The Morgan fingerprint density at radius 1 is 1.33 bits per heavy atom. The van der Waals surface area contributed by atoms with Gasteiger partial charge in [-0.3, -0.25) is 0 Å². The number of benzene rings is 1. The molecule has 0 spiro atoms. The summed E-state index contributed by atoms with van der Waals surface area (Å²) in [6.07, 6.45) is 4.75. The SMILES string of the molecule is CCCCc1ccc(-c2cc(/C=N\O)no2)cc1. The zero-order chi connectivity index (χ0) is 12.8. The van der Waals surface area contributed by atoms with Gasteiger partial charge in [-0.2, -0.15) is 0 Å². The summed E-state index contributed by atoms with van der Waals surface area (Å²) in [6, 6.07) is 9.98. The minimum absolute atomic E-state index is 0.502. The highest BCUT2D eigenvalue weighted by atomic mass is 16.5. The molecule has 0 aliphatic carbocycles. The van der Waals surface area contributed by atoms with Gasteiger partial charge in [0.25, 0.3) is 0 Å². The second-order valence-corrected chi connectivity index (χ2v) is 4.16. The van der Waals surface area contributed by atoms with Gasteiger partial charge < -0.3 is 9.73 Å². The maximum absolute atomic E-state index is 8.41. The van der Waals surface area contributed by atoms with Gasteiger partial charge in [-0.1, -0.05) is 47.9 Å². The summed E-state index contributed by atoms with van der Waals surface area (Å²) < 4.78 is 5.17. The van der Waals surface area contributed by atoms with Crippen molar-refractivity contribution in [3.05, 3.63) is 41.6 Å². The Morgan fingerprint density at radius 2 is 2.11 bits per heavy atom. The summed E-state index contributed by atoms with van der Waals surface area (Å²) in [5.41, 5.74) is 2.81. The fourth-order valence-electron chi connectivity index (χ4n) is 1.76. The third-order valence-electron chi connectivity index (χ3n) is 2.78. The monoisotopic (exact) mass is 244 g/mol. The lowest BCUT2D eigenvalue weighted by molar-refractivity contribution is 0.321. The second-order valence-electron chi connectivity index (χ2n) is 4.16. The Labute approximate surface area is 106 Å². The Kier molecular flexibility index (Phi) is 4.12. The van der Waals surface area contributed by atoms with Crippen molar-refractivity contribution in [2.45, 2.75) is 26.2 Å². The van der Waals surface area contributed by atoms with Crippen molar-refractivity contribution in [1.29, 1.82) is 0 Å². The van der Waals surface area contributed by atoms with Gasteiger partial charge in [0.05, 0.1) is 6.21 Å². The number of hydrogen-bond donors (Lipinski definition) is 1. The summed E-state index contributed by atoms with van der Waals surface area (Å²) in [7, 11) is 0. The molecule has 0 saturated heterocycles. The predicted molar refractivity (Wildman–Crippen MR) is 69.9 cm³/mol. The van der Waals surface area contributed by atoms with E-state index in [0.29, 0.717) is 11.5 Å². The van der Waals surface area contributed by atoms with Crippen LogP contribution in [0.1, 0.15) is 31.0 Å². The van der Waals surface area contributed by atoms with Crippen molar-refractivity contribution in [3.8, 4) is 11.3 Å². The molecule has 0 fully saturated rings. The Balaban J connectivity index is 2.12. The van der Waals surface area contributed by atoms with Crippen LogP contribution in [0.25, 0.3) is 11.3 Å². The lowest BCUT2D eigenvalue weighted by atomic mass is 10.1. The molecule has 2 aromatic rings. The third kappa shape index (κ3) is 2.97. The van der Waals surface area contributed by atoms with Gasteiger partial charge in [-0.25, -0.2) is 0 Å². The zero-order valence-corrected chi connectivity index (χ0v) is 10.3. The summed E-state index contributed by atoms with van der Waals surface area (Å²) in [5, 5.41) is 15.1. The van der Waals surface area contributed by atoms with E-state index < -0.39 is 0 Å². The number of aryl methyl sites for hydroxylation is 1. The molecule has 0 aliphatic rings. The largest absolute Gasteiger partial charge is 0.411 e. The molecular formula is C14H16N2O2. The highest BCUT2D eigenvalue weighted by molar-refractivity contribution is 5.78. The van der Waals surface area contributed by atoms with Crippen LogP contribution >= 0.6 is 0 Å². The third-order valence-corrected chi connectivity index (χ3v) is 2.78. The normalized spacial score (nSPS) is 11.2. The smallest absolute Gasteiger partial charge is 0.167 e. The highest BCUT2D eigenvalue weighted by Gasteiger charge is 2.05. The molecule has 4 nitrogen and oxygen atoms in total. The average molecular weight is 244 g/mol. The first-order valence-corrected chi connectivity index (χ1v) is 6.07. The summed E-state index contributed by atoms with van der Waals surface area (Å²) in [5.74, 6) is 0.673. The van der Waals surface area contributed by atoms with Crippen LogP contribution in [0.5, 0.6) is 0 Å². The van der Waals surface area contributed by atoms with Gasteiger partial charge in [0.15, 0.2) is 5.76 Å². The van der Waals surface area contributed by atoms with Gasteiger partial charge in [0, 0.05) is 11.6 Å². The summed E-state index contributed by atoms with van der Waals surface area (Å²) in [6.45, 7) is 2.19. The van der Waals surface area contributed by atoms with Crippen molar-refractivity contribution in [2.24, 2.45) is 5.16 Å². The van der Waals surface area contributed by atoms with Gasteiger partial charge in [-0.05, 0) is 18.4 Å². The predicted octanol–water partition coefficient (Wildman–Crippen LogP) is 3.49. The molecule has 94 valence electrons. The first kappa shape index (κ1) is 12.4. The first-order chi connectivity index (χ1) is 8.83. The molecule has 4 heteroatoms. The van der Waals surface area contributed by atoms with Crippen LogP contribution in [-0.2, 0) is 6.42 Å². The molecule has 1 N–H and O–H groups in total. The number of nitrogens with zero attached hydrogens (tertiary/aromatic N) is 2. The van der Waals surface area contributed by atoms with E-state index in [1.165, 1.54) is 24.6 Å². The van der Waals surface area contributed by atoms with Gasteiger partial charge in [0.2, 0.25) is 0 Å². The first-order valence-electron chi connectivity index (χ1n) is 6.07. The fraction of sp³-hybridized carbons (Fsp3) is 0.286. The molecule has 1 aromatic heterocycles. The Hall–Kier alpha value is -2.10. The number of hydrogen-bond acceptors (Lipinski definition) is 4. The number of rotatable bonds is 5. The summed E-state index contributed by atoms with van der Waals surface area (Å²) >= 11 is 0. The standard InChI is InChI=1S/C14H16N2O2/c1-2-3-4-11-5-7-12(8-6-11)14-9-13(10-15-17)16-18-14/h5-10,17H,2-4H2,1H3/b15-10-. The lowest BCUT2D eigenvalue weighted by Crippen LogP contribution is -1.84. The molecule has 0 saturated carbocycles. The van der Waals surface area contributed by atoms with E-state index in [9.17, 15) is 0 Å². The van der Waals surface area contributed by atoms with Crippen LogP contribution < -0.4 is 0 Å². The van der Waals surface area contributed by atoms with E-state index >= 15 is 0 Å². The van der Waals surface area contributed by atoms with Gasteiger partial charge >= 0.3 is 0 Å². The molecule has 0 aliphatic heterocycles. The molecule has 0 unspecified atom stereocenters. The zero-order valence-electron chi connectivity index (χ0n) is 10.3. The van der Waals surface area contributed by atoms with Gasteiger partial charge in [0.1, 0.15) is 5.69 Å². The van der Waals surface area contributed by atoms with Crippen molar-refractivity contribution >= 4 is 6.21 Å². The molecule has 0 amide bonds. The quantitative estimate of drug-likeness (QED) is 0.497. The Bertz CT molecular complexity index is 515. The summed E-state index contributed by atoms with van der Waals surface area (Å²) in [4.78, 5) is 0. The topological polar surface area (TPSA) is 58.6 Å². The molecule has 18 heavy (non-hydrogen) atoms. The molecule has 1 heterocycles. The van der Waals surface area contributed by atoms with Crippen LogP contribution in [-0.4, -0.2) is 16.6 Å². The van der Waals surface area contributed by atoms with E-state index in [1.807, 2.05) is 12.1 Å². The number of oxime groups is 1. The maximum atomic E-state index is 8.41. The molecule has 0 atom stereocenters. The van der Waals surface area contributed by atoms with Crippen LogP contribution in [0, 0.1) is 0 Å². The van der Waals surface area contributed by atoms with Crippen LogP contribution in [0.4, 0.5) is 0 Å². The molecule has 1 aromatic carbocycles. The van der Waals surface area contributed by atoms with Crippen molar-refractivity contribution < 1.29 is 9.73 Å². The highest BCUT2D eigenvalue weighted by Crippen LogP contribution is 2.20. The fourth-order valence-corrected chi connectivity index (χ4v) is 1.76. The Morgan fingerprint density at radius 3 is 2.78 bits per heavy atom. The molecular weight excluding hydrogens is 228 g/mol. The van der Waals surface area contributed by atoms with E-state index in [1.54, 1.807) is 6.07 Å². The second kappa shape index (κ2) is 6.00. The minimum atomic E-state index is 0.502. The van der Waals surface area contributed by atoms with Crippen LogP contribution in [0.2, 0.25) is 0 Å². The molecule has 2 rings (SSSR count). The lowest BCUT2D eigenvalue weighted by Gasteiger charge is -2.00. The van der Waals surface area contributed by atoms with Crippen LogP contribution in [0.15, 0.2) is 40.0 Å². The van der Waals surface area contributed by atoms with E-state index in [2.05, 4.69) is 29.4 Å². The van der Waals surface area contributed by atoms with Crippen molar-refractivity contribution in [3.63, 3.8) is 0 Å². The minimum Gasteiger partial charge on any atom is -0.411 e.